The van der Waals surface area contributed by atoms with Gasteiger partial charge in [0, 0.05) is 35.7 Å². The van der Waals surface area contributed by atoms with Crippen molar-refractivity contribution in [2.45, 2.75) is 12.8 Å². The van der Waals surface area contributed by atoms with Crippen LogP contribution in [0.1, 0.15) is 33.6 Å². The lowest BCUT2D eigenvalue weighted by Crippen LogP contribution is -2.37. The zero-order valence-electron chi connectivity index (χ0n) is 15.7. The molecule has 0 saturated carbocycles. The minimum Gasteiger partial charge on any atom is -0.491 e. The summed E-state index contributed by atoms with van der Waals surface area (Å²) in [7, 11) is 1.76. The number of rotatable bonds is 1. The van der Waals surface area contributed by atoms with Gasteiger partial charge in [0.25, 0.3) is 11.8 Å². The number of carbonyl (C=O) groups is 2. The summed E-state index contributed by atoms with van der Waals surface area (Å²) >= 11 is 12.1. The van der Waals surface area contributed by atoms with Crippen LogP contribution in [0.15, 0.2) is 42.5 Å². The number of halogens is 2. The third-order valence-electron chi connectivity index (χ3n) is 4.67. The highest BCUT2D eigenvalue weighted by Crippen LogP contribution is 2.25. The molecule has 5 nitrogen and oxygen atoms in total. The largest absolute Gasteiger partial charge is 0.491 e. The molecule has 148 valence electrons. The summed E-state index contributed by atoms with van der Waals surface area (Å²) in [6, 6.07) is 11.9. The van der Waals surface area contributed by atoms with Crippen LogP contribution in [0, 0.1) is 0 Å². The van der Waals surface area contributed by atoms with Crippen LogP contribution in [-0.4, -0.2) is 54.9 Å². The SMILES string of the molecule is CN1CCCCN(C(=O)c2cccc(Cl)c2)CCOc2ccc(Cl)cc2C1=O. The van der Waals surface area contributed by atoms with Crippen molar-refractivity contribution in [1.82, 2.24) is 9.80 Å². The maximum atomic E-state index is 12.9. The quantitative estimate of drug-likeness (QED) is 0.687. The van der Waals surface area contributed by atoms with Crippen LogP contribution in [0.2, 0.25) is 10.0 Å². The fourth-order valence-electron chi connectivity index (χ4n) is 3.14. The maximum Gasteiger partial charge on any atom is 0.257 e. The summed E-state index contributed by atoms with van der Waals surface area (Å²) in [6.07, 6.45) is 1.57. The molecule has 2 aromatic rings. The van der Waals surface area contributed by atoms with Crippen molar-refractivity contribution in [3.8, 4) is 5.75 Å². The van der Waals surface area contributed by atoms with Gasteiger partial charge >= 0.3 is 0 Å². The second-order valence-corrected chi connectivity index (χ2v) is 7.60. The minimum absolute atomic E-state index is 0.0797. The smallest absolute Gasteiger partial charge is 0.257 e. The summed E-state index contributed by atoms with van der Waals surface area (Å²) < 4.78 is 5.85. The van der Waals surface area contributed by atoms with E-state index < -0.39 is 0 Å². The third-order valence-corrected chi connectivity index (χ3v) is 5.14. The average Bonchev–Trinajstić information content (AvgIpc) is 2.68. The Hall–Kier alpha value is -2.24. The minimum atomic E-state index is -0.120. The molecule has 1 aliphatic rings. The van der Waals surface area contributed by atoms with E-state index in [-0.39, 0.29) is 18.4 Å². The van der Waals surface area contributed by atoms with Gasteiger partial charge in [-0.3, -0.25) is 9.59 Å². The zero-order valence-corrected chi connectivity index (χ0v) is 17.2. The van der Waals surface area contributed by atoms with E-state index in [1.165, 1.54) is 0 Å². The number of nitrogens with zero attached hydrogens (tertiary/aromatic N) is 2. The first-order chi connectivity index (χ1) is 13.5. The van der Waals surface area contributed by atoms with E-state index in [9.17, 15) is 9.59 Å². The average molecular weight is 421 g/mol. The molecule has 0 radical (unpaired) electrons. The molecule has 0 saturated heterocycles. The molecule has 1 heterocycles. The lowest BCUT2D eigenvalue weighted by atomic mass is 10.1. The predicted octanol–water partition coefficient (Wildman–Crippen LogP) is 4.38. The van der Waals surface area contributed by atoms with E-state index in [0.717, 1.165) is 12.8 Å². The highest BCUT2D eigenvalue weighted by atomic mass is 35.5. The lowest BCUT2D eigenvalue weighted by molar-refractivity contribution is 0.0704. The monoisotopic (exact) mass is 420 g/mol. The molecular formula is C21H22Cl2N2O3. The van der Waals surface area contributed by atoms with Crippen molar-refractivity contribution in [3.05, 3.63) is 63.6 Å². The van der Waals surface area contributed by atoms with E-state index in [1.807, 2.05) is 0 Å². The van der Waals surface area contributed by atoms with Crippen LogP contribution < -0.4 is 4.74 Å². The Bertz CT molecular complexity index is 872. The Morgan fingerprint density at radius 1 is 1.00 bits per heavy atom. The molecule has 0 spiro atoms. The molecule has 0 unspecified atom stereocenters. The van der Waals surface area contributed by atoms with Crippen molar-refractivity contribution in [2.24, 2.45) is 0 Å². The molecule has 2 amide bonds. The van der Waals surface area contributed by atoms with Crippen LogP contribution >= 0.6 is 23.2 Å². The van der Waals surface area contributed by atoms with Crippen molar-refractivity contribution in [1.29, 1.82) is 0 Å². The molecule has 0 bridgehead atoms. The van der Waals surface area contributed by atoms with Gasteiger partial charge in [0.2, 0.25) is 0 Å². The molecule has 0 N–H and O–H groups in total. The highest BCUT2D eigenvalue weighted by molar-refractivity contribution is 6.31. The summed E-state index contributed by atoms with van der Waals surface area (Å²) in [5.41, 5.74) is 0.988. The first kappa shape index (κ1) is 20.5. The number of hydrogen-bond donors (Lipinski definition) is 0. The number of ether oxygens (including phenoxy) is 1. The van der Waals surface area contributed by atoms with E-state index >= 15 is 0 Å². The second-order valence-electron chi connectivity index (χ2n) is 6.73. The van der Waals surface area contributed by atoms with E-state index in [2.05, 4.69) is 0 Å². The van der Waals surface area contributed by atoms with Gasteiger partial charge in [-0.1, -0.05) is 29.3 Å². The Labute approximate surface area is 174 Å². The van der Waals surface area contributed by atoms with Crippen LogP contribution in [0.25, 0.3) is 0 Å². The molecule has 28 heavy (non-hydrogen) atoms. The Kier molecular flexibility index (Phi) is 6.81. The second kappa shape index (κ2) is 9.30. The number of fused-ring (bicyclic) bond motifs is 1. The van der Waals surface area contributed by atoms with Gasteiger partial charge in [-0.15, -0.1) is 0 Å². The van der Waals surface area contributed by atoms with E-state index in [0.29, 0.717) is 46.6 Å². The normalized spacial score (nSPS) is 15.9. The summed E-state index contributed by atoms with van der Waals surface area (Å²) in [6.45, 7) is 1.86. The zero-order chi connectivity index (χ0) is 20.1. The van der Waals surface area contributed by atoms with Crippen molar-refractivity contribution < 1.29 is 14.3 Å². The van der Waals surface area contributed by atoms with Gasteiger partial charge in [-0.25, -0.2) is 0 Å². The number of benzene rings is 2. The van der Waals surface area contributed by atoms with Gasteiger partial charge in [-0.2, -0.15) is 0 Å². The van der Waals surface area contributed by atoms with Gasteiger partial charge < -0.3 is 14.5 Å². The van der Waals surface area contributed by atoms with Gasteiger partial charge in [0.05, 0.1) is 12.1 Å². The van der Waals surface area contributed by atoms with E-state index in [1.54, 1.807) is 59.3 Å². The van der Waals surface area contributed by atoms with Crippen molar-refractivity contribution >= 4 is 35.0 Å². The van der Waals surface area contributed by atoms with Gasteiger partial charge in [0.1, 0.15) is 12.4 Å². The topological polar surface area (TPSA) is 49.9 Å². The van der Waals surface area contributed by atoms with Crippen LogP contribution in [0.4, 0.5) is 0 Å². The van der Waals surface area contributed by atoms with Crippen LogP contribution in [0.5, 0.6) is 5.75 Å². The lowest BCUT2D eigenvalue weighted by Gasteiger charge is -2.26. The fourth-order valence-corrected chi connectivity index (χ4v) is 3.50. The first-order valence-corrected chi connectivity index (χ1v) is 9.94. The number of carbonyl (C=O) groups excluding carboxylic acids is 2. The van der Waals surface area contributed by atoms with Crippen molar-refractivity contribution in [2.75, 3.05) is 33.3 Å². The number of hydrogen-bond acceptors (Lipinski definition) is 3. The van der Waals surface area contributed by atoms with Crippen LogP contribution in [-0.2, 0) is 0 Å². The molecule has 0 atom stereocenters. The van der Waals surface area contributed by atoms with Gasteiger partial charge in [0.15, 0.2) is 0 Å². The summed E-state index contributed by atoms with van der Waals surface area (Å²) in [5, 5.41) is 1.01. The summed E-state index contributed by atoms with van der Waals surface area (Å²) in [4.78, 5) is 29.0. The highest BCUT2D eigenvalue weighted by Gasteiger charge is 2.21. The van der Waals surface area contributed by atoms with E-state index in [4.69, 9.17) is 27.9 Å². The molecule has 3 rings (SSSR count). The molecule has 0 aliphatic carbocycles. The van der Waals surface area contributed by atoms with Gasteiger partial charge in [-0.05, 0) is 49.2 Å². The Balaban J connectivity index is 1.81. The van der Waals surface area contributed by atoms with Crippen molar-refractivity contribution in [3.63, 3.8) is 0 Å². The maximum absolute atomic E-state index is 12.9. The molecule has 7 heteroatoms. The first-order valence-electron chi connectivity index (χ1n) is 9.18. The standard InChI is InChI=1S/C21H22Cl2N2O3/c1-24-9-2-3-10-25(20(26)15-5-4-6-16(22)13-15)11-12-28-19-8-7-17(23)14-18(19)21(24)27/h4-8,13-14H,2-3,9-12H2,1H3. The van der Waals surface area contributed by atoms with Crippen LogP contribution in [0.3, 0.4) is 0 Å². The molecule has 2 aromatic carbocycles. The Morgan fingerprint density at radius 3 is 2.54 bits per heavy atom. The fraction of sp³-hybridized carbons (Fsp3) is 0.333. The Morgan fingerprint density at radius 2 is 1.75 bits per heavy atom. The molecule has 0 fully saturated rings. The number of amides is 2. The summed E-state index contributed by atoms with van der Waals surface area (Å²) in [5.74, 6) is 0.269. The predicted molar refractivity (Wildman–Crippen MR) is 110 cm³/mol. The molecular weight excluding hydrogens is 399 g/mol. The molecule has 0 aromatic heterocycles. The third kappa shape index (κ3) is 4.97. The molecule has 1 aliphatic heterocycles.